The number of carbonyl (C=O) groups excluding carboxylic acids is 3. The summed E-state index contributed by atoms with van der Waals surface area (Å²) in [5.41, 5.74) is 0.623. The maximum Gasteiger partial charge on any atom is 0.270 e. The molecule has 1 N–H and O–H groups in total. The third-order valence-electron chi connectivity index (χ3n) is 4.57. The SMILES string of the molecule is O=C1NC(=S)N(c2ccc(Cl)cc2)C(=O)/C1=C/c1ccc(-c2ccc(C(=O)[O-])c(Cl)c2)o1. The van der Waals surface area contributed by atoms with E-state index in [0.717, 1.165) is 0 Å². The van der Waals surface area contributed by atoms with Crippen LogP contribution in [0.15, 0.2) is 64.6 Å². The van der Waals surface area contributed by atoms with Gasteiger partial charge in [0.25, 0.3) is 11.8 Å². The van der Waals surface area contributed by atoms with Gasteiger partial charge in [0.05, 0.1) is 16.7 Å². The minimum Gasteiger partial charge on any atom is -0.545 e. The Morgan fingerprint density at radius 2 is 1.78 bits per heavy atom. The predicted octanol–water partition coefficient (Wildman–Crippen LogP) is 3.45. The van der Waals surface area contributed by atoms with Crippen LogP contribution in [0.5, 0.6) is 0 Å². The lowest BCUT2D eigenvalue weighted by atomic mass is 10.1. The van der Waals surface area contributed by atoms with Gasteiger partial charge in [0, 0.05) is 16.1 Å². The van der Waals surface area contributed by atoms with E-state index in [-0.39, 0.29) is 27.0 Å². The standard InChI is InChI=1S/C22H12Cl2N2O5S/c23-12-2-4-13(5-3-12)26-20(28)16(19(27)25-22(26)32)10-14-6-8-18(31-14)11-1-7-15(21(29)30)17(24)9-11/h1-10H,(H,29,30)(H,25,27,32)/p-1/b16-10+. The molecule has 0 unspecified atom stereocenters. The zero-order valence-electron chi connectivity index (χ0n) is 15.9. The molecule has 2 amide bonds. The van der Waals surface area contributed by atoms with Crippen molar-refractivity contribution in [1.29, 1.82) is 0 Å². The molecule has 7 nitrogen and oxygen atoms in total. The highest BCUT2D eigenvalue weighted by atomic mass is 35.5. The third kappa shape index (κ3) is 4.16. The van der Waals surface area contributed by atoms with Crippen LogP contribution in [0.25, 0.3) is 17.4 Å². The molecule has 0 saturated carbocycles. The molecule has 2 heterocycles. The summed E-state index contributed by atoms with van der Waals surface area (Å²) in [6, 6.07) is 13.8. The van der Waals surface area contributed by atoms with Crippen molar-refractivity contribution in [3.8, 4) is 11.3 Å². The second-order valence-electron chi connectivity index (χ2n) is 6.62. The van der Waals surface area contributed by atoms with Crippen molar-refractivity contribution < 1.29 is 23.9 Å². The van der Waals surface area contributed by atoms with Crippen molar-refractivity contribution in [1.82, 2.24) is 5.32 Å². The number of thiocarbonyl (C=S) groups is 1. The number of rotatable bonds is 4. The number of nitrogens with zero attached hydrogens (tertiary/aromatic N) is 1. The topological polar surface area (TPSA) is 103 Å². The molecule has 32 heavy (non-hydrogen) atoms. The number of amides is 2. The van der Waals surface area contributed by atoms with Crippen LogP contribution in [0.1, 0.15) is 16.1 Å². The Kier molecular flexibility index (Phi) is 5.84. The molecule has 1 saturated heterocycles. The van der Waals surface area contributed by atoms with E-state index in [1.807, 2.05) is 0 Å². The van der Waals surface area contributed by atoms with Gasteiger partial charge < -0.3 is 14.3 Å². The third-order valence-corrected chi connectivity index (χ3v) is 5.42. The number of anilines is 1. The van der Waals surface area contributed by atoms with Gasteiger partial charge in [-0.25, -0.2) is 0 Å². The van der Waals surface area contributed by atoms with Crippen LogP contribution in [0.4, 0.5) is 5.69 Å². The van der Waals surface area contributed by atoms with Crippen LogP contribution in [0.2, 0.25) is 10.0 Å². The lowest BCUT2D eigenvalue weighted by Gasteiger charge is -2.28. The fraction of sp³-hybridized carbons (Fsp3) is 0. The largest absolute Gasteiger partial charge is 0.545 e. The van der Waals surface area contributed by atoms with Crippen molar-refractivity contribution in [2.75, 3.05) is 4.90 Å². The zero-order chi connectivity index (χ0) is 23.0. The Hall–Kier alpha value is -3.46. The number of hydrogen-bond donors (Lipinski definition) is 1. The van der Waals surface area contributed by atoms with E-state index in [2.05, 4.69) is 5.32 Å². The highest BCUT2D eigenvalue weighted by molar-refractivity contribution is 7.80. The van der Waals surface area contributed by atoms with Crippen molar-refractivity contribution in [3.63, 3.8) is 0 Å². The van der Waals surface area contributed by atoms with Gasteiger partial charge in [-0.3, -0.25) is 19.8 Å². The predicted molar refractivity (Wildman–Crippen MR) is 121 cm³/mol. The van der Waals surface area contributed by atoms with Gasteiger partial charge in [0.1, 0.15) is 17.1 Å². The molecule has 1 aliphatic heterocycles. The lowest BCUT2D eigenvalue weighted by Crippen LogP contribution is -2.54. The number of furan rings is 1. The maximum atomic E-state index is 13.0. The van der Waals surface area contributed by atoms with E-state index in [4.69, 9.17) is 39.8 Å². The van der Waals surface area contributed by atoms with Gasteiger partial charge in [0.2, 0.25) is 0 Å². The molecule has 1 fully saturated rings. The van der Waals surface area contributed by atoms with Gasteiger partial charge in [-0.2, -0.15) is 0 Å². The number of carboxylic acids is 1. The summed E-state index contributed by atoms with van der Waals surface area (Å²) in [6.45, 7) is 0. The number of halogens is 2. The second-order valence-corrected chi connectivity index (χ2v) is 7.85. The minimum absolute atomic E-state index is 0.00670. The molecule has 4 rings (SSSR count). The van der Waals surface area contributed by atoms with Crippen LogP contribution in [-0.2, 0) is 9.59 Å². The molecule has 10 heteroatoms. The first kappa shape index (κ1) is 21.8. The molecule has 0 aliphatic carbocycles. The molecular weight excluding hydrogens is 475 g/mol. The average molecular weight is 486 g/mol. The first-order valence-corrected chi connectivity index (χ1v) is 10.2. The fourth-order valence-corrected chi connectivity index (χ4v) is 3.71. The Balaban J connectivity index is 1.65. The van der Waals surface area contributed by atoms with Crippen molar-refractivity contribution >= 4 is 70.1 Å². The summed E-state index contributed by atoms with van der Waals surface area (Å²) in [6.07, 6.45) is 1.29. The number of aromatic carboxylic acids is 1. The molecule has 0 atom stereocenters. The molecule has 160 valence electrons. The van der Waals surface area contributed by atoms with Gasteiger partial charge in [-0.1, -0.05) is 35.3 Å². The lowest BCUT2D eigenvalue weighted by molar-refractivity contribution is -0.255. The quantitative estimate of drug-likeness (QED) is 0.344. The van der Waals surface area contributed by atoms with Crippen LogP contribution in [0.3, 0.4) is 0 Å². The van der Waals surface area contributed by atoms with Crippen LogP contribution >= 0.6 is 35.4 Å². The molecule has 2 aromatic carbocycles. The average Bonchev–Trinajstić information content (AvgIpc) is 3.21. The van der Waals surface area contributed by atoms with Crippen LogP contribution in [0, 0.1) is 0 Å². The monoisotopic (exact) mass is 485 g/mol. The van der Waals surface area contributed by atoms with Crippen molar-refractivity contribution in [3.05, 3.63) is 81.5 Å². The summed E-state index contributed by atoms with van der Waals surface area (Å²) in [7, 11) is 0. The number of carboxylic acid groups (broad SMARTS) is 1. The second kappa shape index (κ2) is 8.58. The van der Waals surface area contributed by atoms with Gasteiger partial charge in [-0.05, 0) is 60.8 Å². The van der Waals surface area contributed by atoms with Crippen LogP contribution < -0.4 is 15.3 Å². The highest BCUT2D eigenvalue weighted by Crippen LogP contribution is 2.29. The summed E-state index contributed by atoms with van der Waals surface area (Å²) in [5, 5.41) is 13.9. The van der Waals surface area contributed by atoms with Gasteiger partial charge >= 0.3 is 0 Å². The van der Waals surface area contributed by atoms with Crippen molar-refractivity contribution in [2.45, 2.75) is 0 Å². The molecular formula is C22H11Cl2N2O5S-. The Morgan fingerprint density at radius 3 is 2.44 bits per heavy atom. The molecule has 3 aromatic rings. The molecule has 0 spiro atoms. The summed E-state index contributed by atoms with van der Waals surface area (Å²) in [5.74, 6) is -2.10. The van der Waals surface area contributed by atoms with E-state index < -0.39 is 17.8 Å². The van der Waals surface area contributed by atoms with E-state index in [9.17, 15) is 19.5 Å². The number of hydrogen-bond acceptors (Lipinski definition) is 6. The fourth-order valence-electron chi connectivity index (χ4n) is 3.04. The number of benzene rings is 2. The Labute approximate surface area is 196 Å². The first-order chi connectivity index (χ1) is 15.2. The summed E-state index contributed by atoms with van der Waals surface area (Å²) in [4.78, 5) is 37.6. The normalized spacial score (nSPS) is 15.2. The highest BCUT2D eigenvalue weighted by Gasteiger charge is 2.34. The molecule has 0 radical (unpaired) electrons. The Morgan fingerprint density at radius 1 is 1.06 bits per heavy atom. The number of nitrogens with one attached hydrogen (secondary N) is 1. The van der Waals surface area contributed by atoms with E-state index in [1.54, 1.807) is 36.4 Å². The molecule has 0 bridgehead atoms. The maximum absolute atomic E-state index is 13.0. The van der Waals surface area contributed by atoms with E-state index in [1.165, 1.54) is 29.2 Å². The smallest absolute Gasteiger partial charge is 0.270 e. The van der Waals surface area contributed by atoms with Gasteiger partial charge in [0.15, 0.2) is 5.11 Å². The first-order valence-electron chi connectivity index (χ1n) is 9.03. The van der Waals surface area contributed by atoms with Gasteiger partial charge in [-0.15, -0.1) is 0 Å². The van der Waals surface area contributed by atoms with E-state index >= 15 is 0 Å². The minimum atomic E-state index is -1.39. The van der Waals surface area contributed by atoms with Crippen molar-refractivity contribution in [2.24, 2.45) is 0 Å². The summed E-state index contributed by atoms with van der Waals surface area (Å²) >= 11 is 17.0. The summed E-state index contributed by atoms with van der Waals surface area (Å²) < 4.78 is 5.71. The molecule has 1 aromatic heterocycles. The zero-order valence-corrected chi connectivity index (χ0v) is 18.3. The van der Waals surface area contributed by atoms with Crippen LogP contribution in [-0.4, -0.2) is 22.9 Å². The number of carbonyl (C=O) groups is 3. The van der Waals surface area contributed by atoms with E-state index in [0.29, 0.717) is 22.0 Å². The molecule has 1 aliphatic rings. The Bertz CT molecular complexity index is 1310.